The molecule has 9 heteroatoms. The van der Waals surface area contributed by atoms with E-state index in [1.54, 1.807) is 5.38 Å². The van der Waals surface area contributed by atoms with E-state index < -0.39 is 10.0 Å². The van der Waals surface area contributed by atoms with Gasteiger partial charge < -0.3 is 10.6 Å². The van der Waals surface area contributed by atoms with Crippen LogP contribution in [0.15, 0.2) is 16.3 Å². The second-order valence-electron chi connectivity index (χ2n) is 4.57. The van der Waals surface area contributed by atoms with Gasteiger partial charge in [0.1, 0.15) is 9.77 Å². The van der Waals surface area contributed by atoms with E-state index in [9.17, 15) is 13.2 Å². The maximum atomic E-state index is 12.1. The maximum Gasteiger partial charge on any atom is 0.262 e. The summed E-state index contributed by atoms with van der Waals surface area (Å²) in [6.45, 7) is 5.21. The molecule has 6 nitrogen and oxygen atoms in total. The Morgan fingerprint density at radius 2 is 2.05 bits per heavy atom. The molecule has 0 saturated heterocycles. The molecule has 1 atom stereocenters. The first kappa shape index (κ1) is 20.3. The molecule has 0 fully saturated rings. The standard InChI is InChI=1S/C12H21N3O3S2.ClH/c1-5-13-9(2)8-14-12(16)11-10(6-7-19-11)20(17,18)15(3)4;/h6-7,9,13H,5,8H2,1-4H3,(H,14,16);1H/t9-;/m1./s1. The lowest BCUT2D eigenvalue weighted by atomic mass is 10.3. The minimum atomic E-state index is -3.59. The Bertz CT molecular complexity index is 558. The molecule has 1 heterocycles. The van der Waals surface area contributed by atoms with Gasteiger partial charge in [0, 0.05) is 26.7 Å². The molecular formula is C12H22ClN3O3S2. The second-order valence-corrected chi connectivity index (χ2v) is 7.61. The molecule has 0 radical (unpaired) electrons. The van der Waals surface area contributed by atoms with Crippen molar-refractivity contribution in [1.82, 2.24) is 14.9 Å². The number of likely N-dealkylation sites (N-methyl/N-ethyl adjacent to an activating group) is 1. The molecule has 2 N–H and O–H groups in total. The number of amides is 1. The second kappa shape index (κ2) is 8.70. The molecule has 0 aliphatic carbocycles. The van der Waals surface area contributed by atoms with Gasteiger partial charge in [-0.15, -0.1) is 23.7 Å². The molecule has 0 unspecified atom stereocenters. The van der Waals surface area contributed by atoms with Crippen molar-refractivity contribution in [1.29, 1.82) is 0 Å². The topological polar surface area (TPSA) is 78.5 Å². The molecule has 0 aliphatic rings. The van der Waals surface area contributed by atoms with Crippen LogP contribution in [0.3, 0.4) is 0 Å². The number of nitrogens with zero attached hydrogens (tertiary/aromatic N) is 1. The number of halogens is 1. The highest BCUT2D eigenvalue weighted by atomic mass is 35.5. The quantitative estimate of drug-likeness (QED) is 0.769. The molecule has 1 amide bonds. The van der Waals surface area contributed by atoms with Crippen molar-refractivity contribution in [2.45, 2.75) is 24.8 Å². The fourth-order valence-electron chi connectivity index (χ4n) is 1.61. The summed E-state index contributed by atoms with van der Waals surface area (Å²) >= 11 is 1.13. The average Bonchev–Trinajstić information content (AvgIpc) is 2.86. The zero-order chi connectivity index (χ0) is 15.3. The van der Waals surface area contributed by atoms with E-state index in [2.05, 4.69) is 10.6 Å². The van der Waals surface area contributed by atoms with Crippen molar-refractivity contribution < 1.29 is 13.2 Å². The van der Waals surface area contributed by atoms with Crippen LogP contribution >= 0.6 is 23.7 Å². The van der Waals surface area contributed by atoms with Gasteiger partial charge in [-0.1, -0.05) is 6.92 Å². The smallest absolute Gasteiger partial charge is 0.262 e. The van der Waals surface area contributed by atoms with Crippen molar-refractivity contribution in [3.63, 3.8) is 0 Å². The summed E-state index contributed by atoms with van der Waals surface area (Å²) in [6, 6.07) is 1.60. The van der Waals surface area contributed by atoms with Gasteiger partial charge in [0.15, 0.2) is 0 Å². The van der Waals surface area contributed by atoms with Gasteiger partial charge in [0.05, 0.1) is 0 Å². The van der Waals surface area contributed by atoms with Gasteiger partial charge in [0.2, 0.25) is 10.0 Å². The number of sulfonamides is 1. The molecule has 0 spiro atoms. The zero-order valence-electron chi connectivity index (χ0n) is 12.5. The van der Waals surface area contributed by atoms with E-state index in [1.807, 2.05) is 13.8 Å². The van der Waals surface area contributed by atoms with Crippen molar-refractivity contribution >= 4 is 39.7 Å². The summed E-state index contributed by atoms with van der Waals surface area (Å²) < 4.78 is 25.3. The third-order valence-electron chi connectivity index (χ3n) is 2.72. The highest BCUT2D eigenvalue weighted by Gasteiger charge is 2.25. The summed E-state index contributed by atoms with van der Waals surface area (Å²) in [5.74, 6) is -0.356. The lowest BCUT2D eigenvalue weighted by Gasteiger charge is -2.14. The largest absolute Gasteiger partial charge is 0.350 e. The van der Waals surface area contributed by atoms with Gasteiger partial charge in [0.25, 0.3) is 5.91 Å². The van der Waals surface area contributed by atoms with Crippen molar-refractivity contribution in [3.05, 3.63) is 16.3 Å². The average molecular weight is 356 g/mol. The first-order valence-corrected chi connectivity index (χ1v) is 8.64. The Morgan fingerprint density at radius 1 is 1.43 bits per heavy atom. The molecule has 0 bridgehead atoms. The Balaban J connectivity index is 0.00000400. The summed E-state index contributed by atoms with van der Waals surface area (Å²) in [5, 5.41) is 7.53. The van der Waals surface area contributed by atoms with E-state index >= 15 is 0 Å². The molecule has 0 saturated carbocycles. The van der Waals surface area contributed by atoms with Crippen LogP contribution in [0, 0.1) is 0 Å². The lowest BCUT2D eigenvalue weighted by Crippen LogP contribution is -2.39. The van der Waals surface area contributed by atoms with E-state index in [0.717, 1.165) is 22.2 Å². The number of rotatable bonds is 7. The summed E-state index contributed by atoms with van der Waals surface area (Å²) in [6.07, 6.45) is 0. The van der Waals surface area contributed by atoms with Gasteiger partial charge in [-0.05, 0) is 24.9 Å². The van der Waals surface area contributed by atoms with Gasteiger partial charge >= 0.3 is 0 Å². The van der Waals surface area contributed by atoms with Gasteiger partial charge in [-0.2, -0.15) is 0 Å². The van der Waals surface area contributed by atoms with E-state index in [4.69, 9.17) is 0 Å². The normalized spacial score (nSPS) is 12.8. The Kier molecular flexibility index (Phi) is 8.42. The van der Waals surface area contributed by atoms with Gasteiger partial charge in [-0.25, -0.2) is 12.7 Å². The SMILES string of the molecule is CCN[C@H](C)CNC(=O)c1sccc1S(=O)(=O)N(C)C.Cl. The summed E-state index contributed by atoms with van der Waals surface area (Å²) in [4.78, 5) is 12.4. The highest BCUT2D eigenvalue weighted by molar-refractivity contribution is 7.89. The maximum absolute atomic E-state index is 12.1. The van der Waals surface area contributed by atoms with Crippen LogP contribution in [-0.4, -0.2) is 51.9 Å². The molecule has 1 aromatic heterocycles. The predicted octanol–water partition coefficient (Wildman–Crippen LogP) is 1.15. The fraction of sp³-hybridized carbons (Fsp3) is 0.583. The molecule has 1 aromatic rings. The number of carbonyl (C=O) groups excluding carboxylic acids is 1. The molecular weight excluding hydrogens is 334 g/mol. The third-order valence-corrected chi connectivity index (χ3v) is 5.62. The third kappa shape index (κ3) is 5.23. The summed E-state index contributed by atoms with van der Waals surface area (Å²) in [7, 11) is -0.698. The first-order chi connectivity index (χ1) is 9.30. The Labute approximate surface area is 136 Å². The van der Waals surface area contributed by atoms with Crippen LogP contribution in [0.2, 0.25) is 0 Å². The summed E-state index contributed by atoms with van der Waals surface area (Å²) in [5.41, 5.74) is 0. The predicted molar refractivity (Wildman–Crippen MR) is 87.9 cm³/mol. The van der Waals surface area contributed by atoms with E-state index in [0.29, 0.717) is 6.54 Å². The van der Waals surface area contributed by atoms with Crippen LogP contribution in [0.1, 0.15) is 23.5 Å². The van der Waals surface area contributed by atoms with Crippen LogP contribution in [0.25, 0.3) is 0 Å². The highest BCUT2D eigenvalue weighted by Crippen LogP contribution is 2.23. The Morgan fingerprint density at radius 3 is 2.57 bits per heavy atom. The fourth-order valence-corrected chi connectivity index (χ4v) is 3.82. The number of hydrogen-bond donors (Lipinski definition) is 2. The minimum absolute atomic E-state index is 0. The Hall–Kier alpha value is -0.670. The van der Waals surface area contributed by atoms with Crippen LogP contribution < -0.4 is 10.6 Å². The van der Waals surface area contributed by atoms with Crippen molar-refractivity contribution in [3.8, 4) is 0 Å². The molecule has 0 aromatic carbocycles. The van der Waals surface area contributed by atoms with E-state index in [-0.39, 0.29) is 34.1 Å². The molecule has 1 rings (SSSR count). The first-order valence-electron chi connectivity index (χ1n) is 6.32. The van der Waals surface area contributed by atoms with E-state index in [1.165, 1.54) is 20.2 Å². The number of carbonyl (C=O) groups is 1. The monoisotopic (exact) mass is 355 g/mol. The van der Waals surface area contributed by atoms with Gasteiger partial charge in [-0.3, -0.25) is 4.79 Å². The minimum Gasteiger partial charge on any atom is -0.350 e. The number of thiophene rings is 1. The zero-order valence-corrected chi connectivity index (χ0v) is 15.0. The molecule has 21 heavy (non-hydrogen) atoms. The molecule has 0 aliphatic heterocycles. The number of hydrogen-bond acceptors (Lipinski definition) is 5. The van der Waals surface area contributed by atoms with Crippen LogP contribution in [0.4, 0.5) is 0 Å². The molecule has 122 valence electrons. The van der Waals surface area contributed by atoms with Crippen LogP contribution in [-0.2, 0) is 10.0 Å². The van der Waals surface area contributed by atoms with Crippen molar-refractivity contribution in [2.24, 2.45) is 0 Å². The van der Waals surface area contributed by atoms with Crippen LogP contribution in [0.5, 0.6) is 0 Å². The van der Waals surface area contributed by atoms with Crippen molar-refractivity contribution in [2.75, 3.05) is 27.2 Å². The number of nitrogens with one attached hydrogen (secondary N) is 2. The lowest BCUT2D eigenvalue weighted by molar-refractivity contribution is 0.0951.